The normalized spacial score (nSPS) is 10.5. The van der Waals surface area contributed by atoms with Crippen LogP contribution < -0.4 is 10.2 Å². The molecule has 2 aromatic carbocycles. The maximum Gasteiger partial charge on any atom is 0.437 e. The van der Waals surface area contributed by atoms with Gasteiger partial charge in [-0.25, -0.2) is 4.79 Å². The van der Waals surface area contributed by atoms with Gasteiger partial charge in [0, 0.05) is 19.8 Å². The Labute approximate surface area is 134 Å². The third-order valence-electron chi connectivity index (χ3n) is 2.86. The fraction of sp³-hybridized carbons (Fsp3) is 0.125. The molecular formula is C16H16ClN3O2. The molecule has 2 aromatic rings. The number of nitrogens with zero attached hydrogens (tertiary/aromatic N) is 2. The molecule has 0 saturated carbocycles. The SMILES string of the molecule is CN(C)c1ccc(/C=N/OC(=O)Nc2ccccc2Cl)cc1. The third kappa shape index (κ3) is 4.49. The number of halogens is 1. The zero-order valence-electron chi connectivity index (χ0n) is 12.3. The Morgan fingerprint density at radius 3 is 2.50 bits per heavy atom. The summed E-state index contributed by atoms with van der Waals surface area (Å²) in [7, 11) is 3.93. The van der Waals surface area contributed by atoms with Crippen molar-refractivity contribution in [3.8, 4) is 0 Å². The van der Waals surface area contributed by atoms with Crippen LogP contribution in [0.3, 0.4) is 0 Å². The minimum Gasteiger partial charge on any atom is -0.378 e. The molecule has 0 bridgehead atoms. The minimum absolute atomic E-state index is 0.433. The third-order valence-corrected chi connectivity index (χ3v) is 3.19. The van der Waals surface area contributed by atoms with Crippen molar-refractivity contribution in [2.45, 2.75) is 0 Å². The molecule has 0 saturated heterocycles. The summed E-state index contributed by atoms with van der Waals surface area (Å²) in [6.45, 7) is 0. The zero-order valence-corrected chi connectivity index (χ0v) is 13.0. The molecule has 5 nitrogen and oxygen atoms in total. The molecule has 0 aromatic heterocycles. The monoisotopic (exact) mass is 317 g/mol. The maximum atomic E-state index is 11.6. The van der Waals surface area contributed by atoms with Crippen LogP contribution in [0.2, 0.25) is 5.02 Å². The van der Waals surface area contributed by atoms with Crippen molar-refractivity contribution in [1.29, 1.82) is 0 Å². The number of carbonyl (C=O) groups excluding carboxylic acids is 1. The standard InChI is InChI=1S/C16H16ClN3O2/c1-20(2)13-9-7-12(8-10-13)11-18-22-16(21)19-15-6-4-3-5-14(15)17/h3-11H,1-2H3,(H,19,21)/b18-11+. The number of carbonyl (C=O) groups is 1. The van der Waals surface area contributed by atoms with Gasteiger partial charge in [0.25, 0.3) is 0 Å². The number of benzene rings is 2. The Kier molecular flexibility index (Phi) is 5.38. The fourth-order valence-electron chi connectivity index (χ4n) is 1.69. The van der Waals surface area contributed by atoms with E-state index < -0.39 is 6.09 Å². The summed E-state index contributed by atoms with van der Waals surface area (Å²) in [6.07, 6.45) is 0.764. The first kappa shape index (κ1) is 15.9. The molecule has 0 atom stereocenters. The molecule has 0 spiro atoms. The number of oxime groups is 1. The van der Waals surface area contributed by atoms with E-state index >= 15 is 0 Å². The van der Waals surface area contributed by atoms with Crippen LogP contribution >= 0.6 is 11.6 Å². The highest BCUT2D eigenvalue weighted by molar-refractivity contribution is 6.33. The summed E-state index contributed by atoms with van der Waals surface area (Å²) in [5.41, 5.74) is 2.38. The number of anilines is 2. The van der Waals surface area contributed by atoms with Gasteiger partial charge in [-0.1, -0.05) is 41.0 Å². The number of nitrogens with one attached hydrogen (secondary N) is 1. The van der Waals surface area contributed by atoms with Crippen LogP contribution in [0.1, 0.15) is 5.56 Å². The minimum atomic E-state index is -0.700. The van der Waals surface area contributed by atoms with Crippen molar-refractivity contribution in [2.75, 3.05) is 24.3 Å². The van der Waals surface area contributed by atoms with E-state index in [0.29, 0.717) is 10.7 Å². The Hall–Kier alpha value is -2.53. The Morgan fingerprint density at radius 1 is 1.18 bits per heavy atom. The van der Waals surface area contributed by atoms with Crippen LogP contribution in [-0.4, -0.2) is 26.4 Å². The van der Waals surface area contributed by atoms with Gasteiger partial charge in [0.2, 0.25) is 0 Å². The van der Waals surface area contributed by atoms with Gasteiger partial charge in [-0.2, -0.15) is 0 Å². The van der Waals surface area contributed by atoms with Crippen molar-refractivity contribution in [1.82, 2.24) is 0 Å². The summed E-state index contributed by atoms with van der Waals surface area (Å²) < 4.78 is 0. The Morgan fingerprint density at radius 2 is 1.86 bits per heavy atom. The molecule has 0 unspecified atom stereocenters. The maximum absolute atomic E-state index is 11.6. The molecule has 114 valence electrons. The average molecular weight is 318 g/mol. The number of hydrogen-bond acceptors (Lipinski definition) is 4. The molecule has 0 aliphatic carbocycles. The van der Waals surface area contributed by atoms with E-state index in [0.717, 1.165) is 11.3 Å². The van der Waals surface area contributed by atoms with Crippen molar-refractivity contribution in [3.63, 3.8) is 0 Å². The predicted molar refractivity (Wildman–Crippen MR) is 89.9 cm³/mol. The van der Waals surface area contributed by atoms with Gasteiger partial charge in [-0.15, -0.1) is 0 Å². The summed E-state index contributed by atoms with van der Waals surface area (Å²) in [5, 5.41) is 6.59. The molecular weight excluding hydrogens is 302 g/mol. The van der Waals surface area contributed by atoms with Crippen molar-refractivity contribution < 1.29 is 9.63 Å². The lowest BCUT2D eigenvalue weighted by molar-refractivity contribution is 0.167. The molecule has 2 rings (SSSR count). The number of hydrogen-bond donors (Lipinski definition) is 1. The first-order chi connectivity index (χ1) is 10.6. The molecule has 0 aliphatic heterocycles. The van der Waals surface area contributed by atoms with Gasteiger partial charge in [-0.05, 0) is 29.8 Å². The van der Waals surface area contributed by atoms with Crippen molar-refractivity contribution >= 4 is 35.3 Å². The van der Waals surface area contributed by atoms with Gasteiger partial charge >= 0.3 is 6.09 Å². The fourth-order valence-corrected chi connectivity index (χ4v) is 1.87. The molecule has 6 heteroatoms. The second kappa shape index (κ2) is 7.47. The van der Waals surface area contributed by atoms with E-state index in [2.05, 4.69) is 10.5 Å². The van der Waals surface area contributed by atoms with E-state index in [1.54, 1.807) is 24.3 Å². The van der Waals surface area contributed by atoms with E-state index in [1.807, 2.05) is 43.3 Å². The zero-order chi connectivity index (χ0) is 15.9. The van der Waals surface area contributed by atoms with Crippen molar-refractivity contribution in [3.05, 3.63) is 59.1 Å². The van der Waals surface area contributed by atoms with E-state index in [4.69, 9.17) is 16.4 Å². The topological polar surface area (TPSA) is 53.9 Å². The van der Waals surface area contributed by atoms with Crippen LogP contribution in [-0.2, 0) is 4.84 Å². The highest BCUT2D eigenvalue weighted by Crippen LogP contribution is 2.20. The van der Waals surface area contributed by atoms with E-state index in [1.165, 1.54) is 6.21 Å². The number of para-hydroxylation sites is 1. The summed E-state index contributed by atoms with van der Waals surface area (Å²) in [5.74, 6) is 0. The molecule has 22 heavy (non-hydrogen) atoms. The van der Waals surface area contributed by atoms with Crippen LogP contribution in [0.4, 0.5) is 16.2 Å². The second-order valence-corrected chi connectivity index (χ2v) is 5.11. The molecule has 1 amide bonds. The quantitative estimate of drug-likeness (QED) is 0.527. The predicted octanol–water partition coefficient (Wildman–Crippen LogP) is 3.99. The van der Waals surface area contributed by atoms with Gasteiger partial charge < -0.3 is 4.90 Å². The lowest BCUT2D eigenvalue weighted by atomic mass is 10.2. The molecule has 0 aliphatic rings. The highest BCUT2D eigenvalue weighted by Gasteiger charge is 2.05. The van der Waals surface area contributed by atoms with Gasteiger partial charge in [0.15, 0.2) is 0 Å². The lowest BCUT2D eigenvalue weighted by Gasteiger charge is -2.11. The highest BCUT2D eigenvalue weighted by atomic mass is 35.5. The van der Waals surface area contributed by atoms with E-state index in [-0.39, 0.29) is 0 Å². The van der Waals surface area contributed by atoms with Crippen LogP contribution in [0.25, 0.3) is 0 Å². The largest absolute Gasteiger partial charge is 0.437 e. The van der Waals surface area contributed by atoms with Gasteiger partial charge in [-0.3, -0.25) is 10.2 Å². The van der Waals surface area contributed by atoms with Crippen molar-refractivity contribution in [2.24, 2.45) is 5.16 Å². The second-order valence-electron chi connectivity index (χ2n) is 4.70. The summed E-state index contributed by atoms with van der Waals surface area (Å²) in [6, 6.07) is 14.5. The molecule has 0 fully saturated rings. The first-order valence-electron chi connectivity index (χ1n) is 6.59. The first-order valence-corrected chi connectivity index (χ1v) is 6.97. The van der Waals surface area contributed by atoms with Crippen LogP contribution in [0.5, 0.6) is 0 Å². The average Bonchev–Trinajstić information content (AvgIpc) is 2.50. The number of rotatable bonds is 4. The Balaban J connectivity index is 1.89. The summed E-state index contributed by atoms with van der Waals surface area (Å²) in [4.78, 5) is 18.3. The molecule has 0 radical (unpaired) electrons. The molecule has 1 N–H and O–H groups in total. The number of amides is 1. The van der Waals surface area contributed by atoms with Gasteiger partial charge in [0.05, 0.1) is 16.9 Å². The van der Waals surface area contributed by atoms with Gasteiger partial charge in [0.1, 0.15) is 0 Å². The molecule has 0 heterocycles. The van der Waals surface area contributed by atoms with Crippen LogP contribution in [0.15, 0.2) is 53.7 Å². The van der Waals surface area contributed by atoms with E-state index in [9.17, 15) is 4.79 Å². The smallest absolute Gasteiger partial charge is 0.378 e. The summed E-state index contributed by atoms with van der Waals surface area (Å²) >= 11 is 5.93. The lowest BCUT2D eigenvalue weighted by Crippen LogP contribution is -2.11. The Bertz CT molecular complexity index is 669. The van der Waals surface area contributed by atoms with Crippen LogP contribution in [0, 0.1) is 0 Å².